The lowest BCUT2D eigenvalue weighted by Gasteiger charge is -2.40. The lowest BCUT2D eigenvalue weighted by molar-refractivity contribution is -0.302. The largest absolute Gasteiger partial charge is 0.466 e. The van der Waals surface area contributed by atoms with Crippen LogP contribution in [0.25, 0.3) is 0 Å². The second kappa shape index (κ2) is 65.4. The van der Waals surface area contributed by atoms with Gasteiger partial charge in [0, 0.05) is 12.8 Å². The molecular weight excluding hydrogens is 1090 g/mol. The van der Waals surface area contributed by atoms with Crippen molar-refractivity contribution < 1.29 is 49.3 Å². The summed E-state index contributed by atoms with van der Waals surface area (Å²) in [4.78, 5) is 25.2. The second-order valence-corrected chi connectivity index (χ2v) is 26.4. The Morgan fingerprint density at radius 2 is 0.770 bits per heavy atom. The zero-order valence-electron chi connectivity index (χ0n) is 57.0. The molecule has 0 saturated carbocycles. The van der Waals surface area contributed by atoms with Gasteiger partial charge < -0.3 is 45.1 Å². The van der Waals surface area contributed by atoms with E-state index in [1.165, 1.54) is 289 Å². The van der Waals surface area contributed by atoms with Gasteiger partial charge in [-0.2, -0.15) is 0 Å². The standard InChI is InChI=1S/C76H143NO10/c1-3-5-7-9-11-13-14-15-16-17-31-35-38-41-44-48-52-56-60-64-72(81)85-65-61-57-53-49-45-42-39-36-33-30-28-26-24-22-20-18-19-21-23-25-27-29-32-34-37-40-43-47-51-55-59-63-71(80)77-68(69(79)62-58-54-50-46-12-10-8-6-4-2)67-86-76-75(84)74(83)73(82)70(66-78)87-76/h20,22,26,28,58,62,68-70,73-76,78-79,82-84H,3-19,21,23-25,27,29-57,59-61,63-67H2,1-2H3,(H,77,80)/b22-20-,28-26-,62-58+. The summed E-state index contributed by atoms with van der Waals surface area (Å²) in [5.74, 6) is -0.171. The number of hydrogen-bond acceptors (Lipinski definition) is 10. The van der Waals surface area contributed by atoms with Crippen molar-refractivity contribution in [3.05, 3.63) is 36.5 Å². The normalized spacial score (nSPS) is 18.0. The Labute approximate surface area is 536 Å². The molecule has 1 fully saturated rings. The molecule has 7 atom stereocenters. The maximum absolute atomic E-state index is 13.0. The summed E-state index contributed by atoms with van der Waals surface area (Å²) in [5, 5.41) is 54.3. The number of unbranched alkanes of at least 4 members (excludes halogenated alkanes) is 49. The topological polar surface area (TPSA) is 175 Å². The number of esters is 1. The highest BCUT2D eigenvalue weighted by Gasteiger charge is 2.44. The van der Waals surface area contributed by atoms with Crippen LogP contribution < -0.4 is 5.32 Å². The summed E-state index contributed by atoms with van der Waals surface area (Å²) in [6, 6.07) is -0.808. The number of nitrogens with one attached hydrogen (secondary N) is 1. The van der Waals surface area contributed by atoms with Crippen molar-refractivity contribution in [2.45, 2.75) is 416 Å². The van der Waals surface area contributed by atoms with Crippen LogP contribution in [0.4, 0.5) is 0 Å². The minimum Gasteiger partial charge on any atom is -0.466 e. The minimum absolute atomic E-state index is 0.0105. The fourth-order valence-electron chi connectivity index (χ4n) is 12.1. The number of carbonyl (C=O) groups excluding carboxylic acids is 2. The van der Waals surface area contributed by atoms with Crippen molar-refractivity contribution in [3.8, 4) is 0 Å². The average Bonchev–Trinajstić information content (AvgIpc) is 3.72. The molecule has 0 aromatic rings. The maximum atomic E-state index is 13.0. The molecule has 87 heavy (non-hydrogen) atoms. The van der Waals surface area contributed by atoms with E-state index in [0.29, 0.717) is 19.4 Å². The molecule has 512 valence electrons. The zero-order chi connectivity index (χ0) is 63.0. The predicted octanol–water partition coefficient (Wildman–Crippen LogP) is 19.7. The molecule has 0 spiro atoms. The maximum Gasteiger partial charge on any atom is 0.305 e. The molecule has 0 aliphatic carbocycles. The summed E-state index contributed by atoms with van der Waals surface area (Å²) < 4.78 is 16.7. The number of rotatable bonds is 67. The molecular formula is C76H143NO10. The molecule has 6 N–H and O–H groups in total. The van der Waals surface area contributed by atoms with Crippen molar-refractivity contribution in [1.29, 1.82) is 0 Å². The number of aliphatic hydroxyl groups is 5. The van der Waals surface area contributed by atoms with Crippen LogP contribution in [0.1, 0.15) is 373 Å². The summed E-state index contributed by atoms with van der Waals surface area (Å²) in [6.07, 6.45) is 74.6. The fraction of sp³-hybridized carbons (Fsp3) is 0.895. The van der Waals surface area contributed by atoms with E-state index in [1.54, 1.807) is 6.08 Å². The SMILES string of the molecule is CCCCCCCCC/C=C/C(O)C(COC1OC(CO)C(O)C(O)C1O)NC(=O)CCCCCCCCCCCCCCCCC/C=C\C/C=C\CCCCCCCCCCCOC(=O)CCCCCCCCCCCCCCCCCCCCC. The van der Waals surface area contributed by atoms with Gasteiger partial charge >= 0.3 is 5.97 Å². The van der Waals surface area contributed by atoms with Crippen LogP contribution in [0, 0.1) is 0 Å². The molecule has 1 rings (SSSR count). The Bertz CT molecular complexity index is 1540. The van der Waals surface area contributed by atoms with Crippen LogP contribution >= 0.6 is 0 Å². The van der Waals surface area contributed by atoms with Gasteiger partial charge in [0.25, 0.3) is 0 Å². The molecule has 1 aliphatic rings. The summed E-state index contributed by atoms with van der Waals surface area (Å²) >= 11 is 0. The molecule has 0 aromatic heterocycles. The second-order valence-electron chi connectivity index (χ2n) is 26.4. The third kappa shape index (κ3) is 54.2. The first-order valence-corrected chi connectivity index (χ1v) is 37.8. The summed E-state index contributed by atoms with van der Waals surface area (Å²) in [6.45, 7) is 4.35. The van der Waals surface area contributed by atoms with Gasteiger partial charge in [0.2, 0.25) is 5.91 Å². The van der Waals surface area contributed by atoms with E-state index in [2.05, 4.69) is 43.5 Å². The number of amides is 1. The highest BCUT2D eigenvalue weighted by atomic mass is 16.7. The van der Waals surface area contributed by atoms with E-state index in [9.17, 15) is 35.1 Å². The average molecular weight is 1230 g/mol. The molecule has 7 unspecified atom stereocenters. The van der Waals surface area contributed by atoms with Crippen LogP contribution in [-0.2, 0) is 23.8 Å². The number of hydrogen-bond donors (Lipinski definition) is 6. The molecule has 11 heteroatoms. The Balaban J connectivity index is 1.89. The van der Waals surface area contributed by atoms with E-state index in [1.807, 2.05) is 6.08 Å². The fourth-order valence-corrected chi connectivity index (χ4v) is 12.1. The molecule has 0 radical (unpaired) electrons. The van der Waals surface area contributed by atoms with Crippen LogP contribution in [0.15, 0.2) is 36.5 Å². The third-order valence-electron chi connectivity index (χ3n) is 18.0. The molecule has 1 saturated heterocycles. The highest BCUT2D eigenvalue weighted by molar-refractivity contribution is 5.76. The molecule has 0 aromatic carbocycles. The van der Waals surface area contributed by atoms with E-state index >= 15 is 0 Å². The van der Waals surface area contributed by atoms with Crippen molar-refractivity contribution in [2.24, 2.45) is 0 Å². The minimum atomic E-state index is -1.57. The van der Waals surface area contributed by atoms with Crippen molar-refractivity contribution in [2.75, 3.05) is 19.8 Å². The lowest BCUT2D eigenvalue weighted by atomic mass is 9.99. The van der Waals surface area contributed by atoms with E-state index in [0.717, 1.165) is 57.8 Å². The quantitative estimate of drug-likeness (QED) is 0.0195. The lowest BCUT2D eigenvalue weighted by Crippen LogP contribution is -2.60. The van der Waals surface area contributed by atoms with Gasteiger partial charge in [-0.05, 0) is 64.2 Å². The van der Waals surface area contributed by atoms with Gasteiger partial charge in [0.1, 0.15) is 24.4 Å². The summed E-state index contributed by atoms with van der Waals surface area (Å²) in [7, 11) is 0. The molecule has 1 aliphatic heterocycles. The van der Waals surface area contributed by atoms with Gasteiger partial charge in [0.15, 0.2) is 6.29 Å². The van der Waals surface area contributed by atoms with Crippen molar-refractivity contribution in [3.63, 3.8) is 0 Å². The van der Waals surface area contributed by atoms with Crippen LogP contribution in [-0.4, -0.2) is 100 Å². The first-order chi connectivity index (χ1) is 42.7. The highest BCUT2D eigenvalue weighted by Crippen LogP contribution is 2.24. The molecule has 11 nitrogen and oxygen atoms in total. The Morgan fingerprint density at radius 3 is 1.16 bits per heavy atom. The zero-order valence-corrected chi connectivity index (χ0v) is 57.0. The number of carbonyl (C=O) groups is 2. The van der Waals surface area contributed by atoms with Gasteiger partial charge in [-0.15, -0.1) is 0 Å². The van der Waals surface area contributed by atoms with E-state index < -0.39 is 49.5 Å². The van der Waals surface area contributed by atoms with Crippen LogP contribution in [0.2, 0.25) is 0 Å². The predicted molar refractivity (Wildman–Crippen MR) is 366 cm³/mol. The van der Waals surface area contributed by atoms with Crippen molar-refractivity contribution in [1.82, 2.24) is 5.32 Å². The van der Waals surface area contributed by atoms with Gasteiger partial charge in [-0.25, -0.2) is 0 Å². The van der Waals surface area contributed by atoms with Crippen molar-refractivity contribution >= 4 is 11.9 Å². The molecule has 0 bridgehead atoms. The van der Waals surface area contributed by atoms with E-state index in [-0.39, 0.29) is 18.5 Å². The molecule has 1 heterocycles. The Hall–Kier alpha value is -2.12. The van der Waals surface area contributed by atoms with Gasteiger partial charge in [-0.1, -0.05) is 333 Å². The number of aliphatic hydroxyl groups excluding tert-OH is 5. The van der Waals surface area contributed by atoms with Gasteiger partial charge in [0.05, 0.1) is 32.0 Å². The van der Waals surface area contributed by atoms with Crippen LogP contribution in [0.3, 0.4) is 0 Å². The first-order valence-electron chi connectivity index (χ1n) is 37.8. The van der Waals surface area contributed by atoms with Gasteiger partial charge in [-0.3, -0.25) is 9.59 Å². The smallest absolute Gasteiger partial charge is 0.305 e. The Morgan fingerprint density at radius 1 is 0.425 bits per heavy atom. The Kier molecular flexibility index (Phi) is 62.3. The monoisotopic (exact) mass is 1230 g/mol. The number of ether oxygens (including phenoxy) is 3. The summed E-state index contributed by atoms with van der Waals surface area (Å²) in [5.41, 5.74) is 0. The molecule has 1 amide bonds. The first kappa shape index (κ1) is 82.9. The van der Waals surface area contributed by atoms with E-state index in [4.69, 9.17) is 14.2 Å². The van der Waals surface area contributed by atoms with Crippen LogP contribution in [0.5, 0.6) is 0 Å². The number of allylic oxidation sites excluding steroid dienone is 5. The third-order valence-corrected chi connectivity index (χ3v) is 18.0.